The van der Waals surface area contributed by atoms with Crippen LogP contribution in [0.3, 0.4) is 0 Å². The Labute approximate surface area is 240 Å². The Morgan fingerprint density at radius 1 is 1.00 bits per heavy atom. The second-order valence-corrected chi connectivity index (χ2v) is 11.8. The quantitative estimate of drug-likeness (QED) is 0.335. The number of nitrogens with zero attached hydrogens (tertiary/aromatic N) is 1. The SMILES string of the molecule is Cc1ccc(S(=O)(=O)N2CCC[C@H]2C(=O)N[C@@H](Cc2ccc(NC(=O)c3ccccc3C(F)(F)F)cc2)C(=O)O)cc1. The van der Waals surface area contributed by atoms with Crippen molar-refractivity contribution in [2.45, 2.75) is 49.3 Å². The van der Waals surface area contributed by atoms with Crippen molar-refractivity contribution in [3.63, 3.8) is 0 Å². The van der Waals surface area contributed by atoms with Gasteiger partial charge in [0.15, 0.2) is 0 Å². The highest BCUT2D eigenvalue weighted by atomic mass is 32.2. The largest absolute Gasteiger partial charge is 0.480 e. The van der Waals surface area contributed by atoms with Gasteiger partial charge in [-0.25, -0.2) is 13.2 Å². The summed E-state index contributed by atoms with van der Waals surface area (Å²) in [6, 6.07) is 13.9. The molecule has 3 N–H and O–H groups in total. The fourth-order valence-electron chi connectivity index (χ4n) is 4.69. The molecule has 3 aromatic rings. The zero-order valence-electron chi connectivity index (χ0n) is 22.4. The van der Waals surface area contributed by atoms with Gasteiger partial charge in [0, 0.05) is 18.7 Å². The Hall–Kier alpha value is -4.23. The lowest BCUT2D eigenvalue weighted by molar-refractivity contribution is -0.142. The number of carboxylic acid groups (broad SMARTS) is 1. The van der Waals surface area contributed by atoms with Crippen molar-refractivity contribution >= 4 is 33.5 Å². The van der Waals surface area contributed by atoms with Gasteiger partial charge in [-0.15, -0.1) is 0 Å². The topological polar surface area (TPSA) is 133 Å². The smallest absolute Gasteiger partial charge is 0.417 e. The molecule has 2 amide bonds. The second-order valence-electron chi connectivity index (χ2n) is 9.88. The maximum atomic E-state index is 13.3. The van der Waals surface area contributed by atoms with Crippen LogP contribution in [0.2, 0.25) is 0 Å². The first-order valence-electron chi connectivity index (χ1n) is 13.0. The molecule has 0 bridgehead atoms. The third kappa shape index (κ3) is 6.97. The molecule has 2 atom stereocenters. The number of aliphatic carboxylic acids is 1. The molecule has 1 fully saturated rings. The zero-order chi connectivity index (χ0) is 30.7. The van der Waals surface area contributed by atoms with Crippen molar-refractivity contribution in [3.05, 3.63) is 95.1 Å². The molecule has 13 heteroatoms. The van der Waals surface area contributed by atoms with Crippen molar-refractivity contribution < 1.29 is 41.1 Å². The van der Waals surface area contributed by atoms with Crippen LogP contribution in [0.4, 0.5) is 18.9 Å². The Morgan fingerprint density at radius 3 is 2.26 bits per heavy atom. The Kier molecular flexibility index (Phi) is 9.02. The fraction of sp³-hybridized carbons (Fsp3) is 0.276. The predicted octanol–water partition coefficient (Wildman–Crippen LogP) is 4.23. The first-order valence-corrected chi connectivity index (χ1v) is 14.4. The van der Waals surface area contributed by atoms with Gasteiger partial charge < -0.3 is 15.7 Å². The summed E-state index contributed by atoms with van der Waals surface area (Å²) in [6.45, 7) is 1.93. The van der Waals surface area contributed by atoms with Gasteiger partial charge in [-0.1, -0.05) is 42.0 Å². The molecule has 1 saturated heterocycles. The maximum Gasteiger partial charge on any atom is 0.417 e. The molecule has 42 heavy (non-hydrogen) atoms. The number of anilines is 1. The van der Waals surface area contributed by atoms with Crippen LogP contribution in [0.15, 0.2) is 77.7 Å². The normalized spacial score (nSPS) is 16.5. The number of benzene rings is 3. The molecule has 4 rings (SSSR count). The van der Waals surface area contributed by atoms with Crippen LogP contribution in [-0.2, 0) is 32.2 Å². The number of amides is 2. The number of carboxylic acids is 1. The summed E-state index contributed by atoms with van der Waals surface area (Å²) in [4.78, 5) is 37.6. The minimum absolute atomic E-state index is 0.0386. The Bertz CT molecular complexity index is 1580. The van der Waals surface area contributed by atoms with Crippen LogP contribution >= 0.6 is 0 Å². The monoisotopic (exact) mass is 603 g/mol. The van der Waals surface area contributed by atoms with Gasteiger partial charge in [0.25, 0.3) is 5.91 Å². The van der Waals surface area contributed by atoms with Crippen molar-refractivity contribution in [2.24, 2.45) is 0 Å². The van der Waals surface area contributed by atoms with Gasteiger partial charge in [0.05, 0.1) is 16.0 Å². The van der Waals surface area contributed by atoms with Crippen LogP contribution in [0.25, 0.3) is 0 Å². The van der Waals surface area contributed by atoms with E-state index in [1.165, 1.54) is 48.5 Å². The van der Waals surface area contributed by atoms with Crippen LogP contribution in [-0.4, -0.2) is 54.2 Å². The van der Waals surface area contributed by atoms with Gasteiger partial charge in [-0.05, 0) is 61.7 Å². The number of carbonyl (C=O) groups excluding carboxylic acids is 2. The second kappa shape index (κ2) is 12.3. The van der Waals surface area contributed by atoms with E-state index in [0.717, 1.165) is 22.0 Å². The lowest BCUT2D eigenvalue weighted by Crippen LogP contribution is -2.51. The van der Waals surface area contributed by atoms with E-state index in [1.54, 1.807) is 12.1 Å². The van der Waals surface area contributed by atoms with Crippen molar-refractivity contribution in [3.8, 4) is 0 Å². The highest BCUT2D eigenvalue weighted by Crippen LogP contribution is 2.32. The lowest BCUT2D eigenvalue weighted by atomic mass is 10.0. The lowest BCUT2D eigenvalue weighted by Gasteiger charge is -2.25. The molecular formula is C29H28F3N3O6S. The van der Waals surface area contributed by atoms with E-state index in [1.807, 2.05) is 6.92 Å². The first-order chi connectivity index (χ1) is 19.8. The average Bonchev–Trinajstić information content (AvgIpc) is 3.45. The molecule has 0 radical (unpaired) electrons. The van der Waals surface area contributed by atoms with Gasteiger partial charge in [0.1, 0.15) is 12.1 Å². The average molecular weight is 604 g/mol. The summed E-state index contributed by atoms with van der Waals surface area (Å²) in [7, 11) is -3.98. The van der Waals surface area contributed by atoms with Gasteiger partial charge in [0.2, 0.25) is 15.9 Å². The molecular weight excluding hydrogens is 575 g/mol. The number of aryl methyl sites for hydroxylation is 1. The molecule has 3 aromatic carbocycles. The molecule has 1 heterocycles. The van der Waals surface area contributed by atoms with E-state index in [-0.39, 0.29) is 30.0 Å². The third-order valence-corrected chi connectivity index (χ3v) is 8.80. The third-order valence-electron chi connectivity index (χ3n) is 6.88. The van der Waals surface area contributed by atoms with Crippen LogP contribution in [0.5, 0.6) is 0 Å². The van der Waals surface area contributed by atoms with E-state index < -0.39 is 57.2 Å². The Morgan fingerprint density at radius 2 is 1.64 bits per heavy atom. The van der Waals surface area contributed by atoms with E-state index >= 15 is 0 Å². The van der Waals surface area contributed by atoms with Crippen LogP contribution in [0, 0.1) is 6.92 Å². The van der Waals surface area contributed by atoms with Crippen molar-refractivity contribution in [1.82, 2.24) is 9.62 Å². The summed E-state index contributed by atoms with van der Waals surface area (Å²) < 4.78 is 67.2. The van der Waals surface area contributed by atoms with Gasteiger partial charge >= 0.3 is 12.1 Å². The molecule has 1 aliphatic rings. The molecule has 0 saturated carbocycles. The highest BCUT2D eigenvalue weighted by molar-refractivity contribution is 7.89. The zero-order valence-corrected chi connectivity index (χ0v) is 23.2. The molecule has 0 spiro atoms. The van der Waals surface area contributed by atoms with E-state index in [9.17, 15) is 41.1 Å². The summed E-state index contributed by atoms with van der Waals surface area (Å²) in [5.74, 6) is -3.04. The van der Waals surface area contributed by atoms with Crippen LogP contribution < -0.4 is 10.6 Å². The number of nitrogens with one attached hydrogen (secondary N) is 2. The number of sulfonamides is 1. The molecule has 0 aromatic heterocycles. The predicted molar refractivity (Wildman–Crippen MR) is 147 cm³/mol. The Balaban J connectivity index is 1.42. The number of hydrogen-bond acceptors (Lipinski definition) is 5. The molecule has 222 valence electrons. The van der Waals surface area contributed by atoms with E-state index in [2.05, 4.69) is 10.6 Å². The highest BCUT2D eigenvalue weighted by Gasteiger charge is 2.40. The first kappa shape index (κ1) is 30.7. The minimum Gasteiger partial charge on any atom is -0.480 e. The van der Waals surface area contributed by atoms with Crippen molar-refractivity contribution in [2.75, 3.05) is 11.9 Å². The molecule has 9 nitrogen and oxygen atoms in total. The molecule has 0 aliphatic carbocycles. The van der Waals surface area contributed by atoms with Crippen LogP contribution in [0.1, 0.15) is 39.9 Å². The fourth-order valence-corrected chi connectivity index (χ4v) is 6.35. The number of alkyl halides is 3. The number of carbonyl (C=O) groups is 3. The summed E-state index contributed by atoms with van der Waals surface area (Å²) in [5, 5.41) is 14.6. The maximum absolute atomic E-state index is 13.3. The van der Waals surface area contributed by atoms with E-state index in [4.69, 9.17) is 0 Å². The number of hydrogen-bond donors (Lipinski definition) is 3. The summed E-state index contributed by atoms with van der Waals surface area (Å²) in [6.07, 6.45) is -4.21. The summed E-state index contributed by atoms with van der Waals surface area (Å²) >= 11 is 0. The minimum atomic E-state index is -4.71. The standard InChI is InChI=1S/C29H28F3N3O6S/c1-18-8-14-21(15-9-18)42(40,41)35-16-4-7-25(35)27(37)34-24(28(38)39)17-19-10-12-20(13-11-19)33-26(36)22-5-2-3-6-23(22)29(30,31)32/h2-3,5-6,8-15,24-25H,4,7,16-17H2,1H3,(H,33,36)(H,34,37)(H,38,39)/t24-,25-/m0/s1. The summed E-state index contributed by atoms with van der Waals surface area (Å²) in [5.41, 5.74) is -0.123. The van der Waals surface area contributed by atoms with Crippen molar-refractivity contribution in [1.29, 1.82) is 0 Å². The van der Waals surface area contributed by atoms with Gasteiger partial charge in [-0.3, -0.25) is 9.59 Å². The van der Waals surface area contributed by atoms with Gasteiger partial charge in [-0.2, -0.15) is 17.5 Å². The number of halogens is 3. The molecule has 0 unspecified atom stereocenters. The van der Waals surface area contributed by atoms with E-state index in [0.29, 0.717) is 12.0 Å². The molecule has 1 aliphatic heterocycles. The number of rotatable bonds is 9.